The third-order valence-corrected chi connectivity index (χ3v) is 3.08. The molecular formula is C13H11ClN4. The Balaban J connectivity index is 2.52. The molecule has 2 aromatic rings. The van der Waals surface area contributed by atoms with E-state index >= 15 is 0 Å². The maximum Gasteiger partial charge on any atom is 0.140 e. The first kappa shape index (κ1) is 12.3. The largest absolute Gasteiger partial charge is 0.328 e. The van der Waals surface area contributed by atoms with Crippen molar-refractivity contribution >= 4 is 23.1 Å². The van der Waals surface area contributed by atoms with Gasteiger partial charge in [-0.3, -0.25) is 0 Å². The van der Waals surface area contributed by atoms with Crippen LogP contribution in [0.2, 0.25) is 5.15 Å². The van der Waals surface area contributed by atoms with Crippen LogP contribution in [-0.2, 0) is 0 Å². The molecule has 0 unspecified atom stereocenters. The molecule has 0 saturated carbocycles. The molecule has 18 heavy (non-hydrogen) atoms. The first-order valence-corrected chi connectivity index (χ1v) is 5.73. The third kappa shape index (κ3) is 2.13. The van der Waals surface area contributed by atoms with Crippen molar-refractivity contribution in [1.82, 2.24) is 9.97 Å². The predicted octanol–water partition coefficient (Wildman–Crippen LogP) is 3.08. The van der Waals surface area contributed by atoms with Crippen LogP contribution in [0.15, 0.2) is 30.6 Å². The number of hydrogen-bond acceptors (Lipinski definition) is 4. The Morgan fingerprint density at radius 3 is 2.72 bits per heavy atom. The molecule has 0 aliphatic rings. The van der Waals surface area contributed by atoms with Gasteiger partial charge in [-0.2, -0.15) is 5.26 Å². The minimum Gasteiger partial charge on any atom is -0.328 e. The van der Waals surface area contributed by atoms with Crippen LogP contribution in [0.1, 0.15) is 11.1 Å². The number of aromatic nitrogens is 2. The summed E-state index contributed by atoms with van der Waals surface area (Å²) >= 11 is 5.98. The first-order valence-electron chi connectivity index (χ1n) is 5.35. The zero-order valence-corrected chi connectivity index (χ0v) is 10.8. The summed E-state index contributed by atoms with van der Waals surface area (Å²) in [4.78, 5) is 9.97. The smallest absolute Gasteiger partial charge is 0.140 e. The van der Waals surface area contributed by atoms with Gasteiger partial charge in [0.15, 0.2) is 0 Å². The van der Waals surface area contributed by atoms with Gasteiger partial charge in [0.25, 0.3) is 0 Å². The van der Waals surface area contributed by atoms with Crippen LogP contribution in [-0.4, -0.2) is 17.0 Å². The van der Waals surface area contributed by atoms with E-state index in [0.29, 0.717) is 16.5 Å². The van der Waals surface area contributed by atoms with Gasteiger partial charge in [0.2, 0.25) is 0 Å². The molecule has 0 bridgehead atoms. The summed E-state index contributed by atoms with van der Waals surface area (Å²) in [5.74, 6) is 0.692. The van der Waals surface area contributed by atoms with Crippen molar-refractivity contribution in [2.24, 2.45) is 0 Å². The van der Waals surface area contributed by atoms with Gasteiger partial charge in [0, 0.05) is 12.6 Å². The summed E-state index contributed by atoms with van der Waals surface area (Å²) in [5.41, 5.74) is 2.17. The van der Waals surface area contributed by atoms with E-state index in [-0.39, 0.29) is 0 Å². The summed E-state index contributed by atoms with van der Waals surface area (Å²) in [7, 11) is 1.85. The van der Waals surface area contributed by atoms with Crippen LogP contribution in [0.3, 0.4) is 0 Å². The Morgan fingerprint density at radius 2 is 2.00 bits per heavy atom. The second-order valence-corrected chi connectivity index (χ2v) is 4.16. The number of anilines is 2. The zero-order chi connectivity index (χ0) is 13.1. The predicted molar refractivity (Wildman–Crippen MR) is 71.0 cm³/mol. The maximum absolute atomic E-state index is 9.10. The van der Waals surface area contributed by atoms with Crippen molar-refractivity contribution < 1.29 is 0 Å². The molecule has 0 spiro atoms. The van der Waals surface area contributed by atoms with Crippen molar-refractivity contribution in [2.75, 3.05) is 11.9 Å². The normalized spacial score (nSPS) is 9.89. The van der Waals surface area contributed by atoms with E-state index < -0.39 is 0 Å². The molecule has 1 heterocycles. The van der Waals surface area contributed by atoms with Gasteiger partial charge in [-0.1, -0.05) is 23.7 Å². The monoisotopic (exact) mass is 258 g/mol. The van der Waals surface area contributed by atoms with Gasteiger partial charge >= 0.3 is 0 Å². The molecule has 1 aromatic carbocycles. The summed E-state index contributed by atoms with van der Waals surface area (Å²) in [6, 6.07) is 9.51. The Labute approximate surface area is 110 Å². The molecule has 2 rings (SSSR count). The lowest BCUT2D eigenvalue weighted by Crippen LogP contribution is -2.14. The van der Waals surface area contributed by atoms with Gasteiger partial charge in [-0.05, 0) is 19.1 Å². The van der Waals surface area contributed by atoms with Gasteiger partial charge < -0.3 is 4.90 Å². The van der Waals surface area contributed by atoms with Gasteiger partial charge in [-0.15, -0.1) is 0 Å². The second-order valence-electron chi connectivity index (χ2n) is 3.80. The maximum atomic E-state index is 9.10. The molecule has 0 fully saturated rings. The fourth-order valence-electron chi connectivity index (χ4n) is 1.73. The third-order valence-electron chi connectivity index (χ3n) is 2.70. The van der Waals surface area contributed by atoms with Crippen molar-refractivity contribution in [3.63, 3.8) is 0 Å². The van der Waals surface area contributed by atoms with Crippen LogP contribution in [0.25, 0.3) is 0 Å². The number of hydrogen-bond donors (Lipinski definition) is 0. The number of rotatable bonds is 2. The Kier molecular flexibility index (Phi) is 3.45. The molecular weight excluding hydrogens is 248 g/mol. The second kappa shape index (κ2) is 5.03. The molecule has 5 heteroatoms. The van der Waals surface area contributed by atoms with Crippen LogP contribution in [0, 0.1) is 18.3 Å². The van der Waals surface area contributed by atoms with E-state index in [9.17, 15) is 0 Å². The summed E-state index contributed by atoms with van der Waals surface area (Å²) < 4.78 is 0. The molecule has 0 amide bonds. The first-order chi connectivity index (χ1) is 8.65. The SMILES string of the molecule is Cc1c(Cl)ncnc1N(C)c1ccccc1C#N. The highest BCUT2D eigenvalue weighted by Crippen LogP contribution is 2.29. The fourth-order valence-corrected chi connectivity index (χ4v) is 1.86. The highest BCUT2D eigenvalue weighted by molar-refractivity contribution is 6.30. The van der Waals surface area contributed by atoms with Gasteiger partial charge in [-0.25, -0.2) is 9.97 Å². The molecule has 90 valence electrons. The van der Waals surface area contributed by atoms with E-state index in [0.717, 1.165) is 11.3 Å². The van der Waals surface area contributed by atoms with Crippen molar-refractivity contribution in [1.29, 1.82) is 5.26 Å². The Bertz CT molecular complexity index is 619. The van der Waals surface area contributed by atoms with Crippen molar-refractivity contribution in [2.45, 2.75) is 6.92 Å². The van der Waals surface area contributed by atoms with E-state index in [2.05, 4.69) is 16.0 Å². The number of nitrogens with zero attached hydrogens (tertiary/aromatic N) is 4. The molecule has 4 nitrogen and oxygen atoms in total. The van der Waals surface area contributed by atoms with Gasteiger partial charge in [0.1, 0.15) is 23.4 Å². The highest BCUT2D eigenvalue weighted by Gasteiger charge is 2.13. The minimum atomic E-state index is 0.418. The number of nitriles is 1. The number of halogens is 1. The lowest BCUT2D eigenvalue weighted by Gasteiger charge is -2.21. The van der Waals surface area contributed by atoms with Crippen molar-refractivity contribution in [3.8, 4) is 6.07 Å². The summed E-state index contributed by atoms with van der Waals surface area (Å²) in [6.07, 6.45) is 1.41. The molecule has 0 atom stereocenters. The van der Waals surface area contributed by atoms with Crippen molar-refractivity contribution in [3.05, 3.63) is 46.9 Å². The van der Waals surface area contributed by atoms with Crippen LogP contribution in [0.5, 0.6) is 0 Å². The summed E-state index contributed by atoms with van der Waals surface area (Å²) in [6.45, 7) is 1.85. The molecule has 0 radical (unpaired) electrons. The standard InChI is InChI=1S/C13H11ClN4/c1-9-12(14)16-8-17-13(9)18(2)11-6-4-3-5-10(11)7-15/h3-6,8H,1-2H3. The lowest BCUT2D eigenvalue weighted by atomic mass is 10.1. The highest BCUT2D eigenvalue weighted by atomic mass is 35.5. The summed E-state index contributed by atoms with van der Waals surface area (Å²) in [5, 5.41) is 9.52. The van der Waals surface area contributed by atoms with E-state index in [1.165, 1.54) is 6.33 Å². The molecule has 0 aliphatic carbocycles. The Morgan fingerprint density at radius 1 is 1.28 bits per heavy atom. The van der Waals surface area contributed by atoms with Crippen LogP contribution in [0.4, 0.5) is 11.5 Å². The average molecular weight is 259 g/mol. The molecule has 1 aromatic heterocycles. The van der Waals surface area contributed by atoms with E-state index in [1.54, 1.807) is 6.07 Å². The zero-order valence-electron chi connectivity index (χ0n) is 10.1. The van der Waals surface area contributed by atoms with E-state index in [1.807, 2.05) is 37.1 Å². The van der Waals surface area contributed by atoms with E-state index in [4.69, 9.17) is 16.9 Å². The number of benzene rings is 1. The quantitative estimate of drug-likeness (QED) is 0.777. The average Bonchev–Trinajstić information content (AvgIpc) is 2.41. The minimum absolute atomic E-state index is 0.418. The molecule has 0 aliphatic heterocycles. The van der Waals surface area contributed by atoms with Crippen LogP contribution >= 0.6 is 11.6 Å². The Hall–Kier alpha value is -2.12. The van der Waals surface area contributed by atoms with Gasteiger partial charge in [0.05, 0.1) is 11.3 Å². The molecule has 0 N–H and O–H groups in total. The topological polar surface area (TPSA) is 52.8 Å². The fraction of sp³-hybridized carbons (Fsp3) is 0.154. The lowest BCUT2D eigenvalue weighted by molar-refractivity contribution is 1.05. The molecule has 0 saturated heterocycles. The number of para-hydroxylation sites is 1. The van der Waals surface area contributed by atoms with Crippen LogP contribution < -0.4 is 4.90 Å².